The van der Waals surface area contributed by atoms with Gasteiger partial charge in [0, 0.05) is 24.6 Å². The van der Waals surface area contributed by atoms with Crippen molar-refractivity contribution in [2.45, 2.75) is 39.2 Å². The van der Waals surface area contributed by atoms with E-state index in [-0.39, 0.29) is 19.2 Å². The summed E-state index contributed by atoms with van der Waals surface area (Å²) >= 11 is 0. The van der Waals surface area contributed by atoms with E-state index in [0.717, 1.165) is 28.3 Å². The number of carboxylic acids is 1. The molecule has 1 amide bonds. The first-order valence-corrected chi connectivity index (χ1v) is 11.8. The number of carboxylic acid groups (broad SMARTS) is 1. The second-order valence-electron chi connectivity index (χ2n) is 8.61. The third-order valence-corrected chi connectivity index (χ3v) is 6.18. The Morgan fingerprint density at radius 1 is 1.14 bits per heavy atom. The Balaban J connectivity index is 1.32. The standard InChI is InChI=1S/C27H30N2O6/c1-3-33-27(32)29-17-21(26(30)31)16-22(29)15-19-9-11-23(12-10-19)34-14-13-24-18(2)35-25(28-24)20-7-5-4-6-8-20/h4-12,21-22H,3,13-17H2,1-2H3,(H,30,31)/t21-,22-/m0/s1. The molecule has 1 saturated heterocycles. The highest BCUT2D eigenvalue weighted by molar-refractivity contribution is 5.74. The molecule has 1 aliphatic rings. The van der Waals surface area contributed by atoms with Gasteiger partial charge < -0.3 is 23.9 Å². The van der Waals surface area contributed by atoms with Crippen molar-refractivity contribution in [3.8, 4) is 17.2 Å². The molecule has 0 spiro atoms. The fourth-order valence-corrected chi connectivity index (χ4v) is 4.34. The Bertz CT molecular complexity index is 1140. The van der Waals surface area contributed by atoms with E-state index in [0.29, 0.717) is 31.8 Å². The van der Waals surface area contributed by atoms with Gasteiger partial charge in [0.2, 0.25) is 5.89 Å². The normalized spacial score (nSPS) is 17.4. The summed E-state index contributed by atoms with van der Waals surface area (Å²) in [6.07, 6.45) is 1.13. The fraction of sp³-hybridized carbons (Fsp3) is 0.370. The third kappa shape index (κ3) is 6.01. The second-order valence-corrected chi connectivity index (χ2v) is 8.61. The molecule has 0 radical (unpaired) electrons. The molecule has 0 bridgehead atoms. The number of oxazole rings is 1. The van der Waals surface area contributed by atoms with Crippen molar-refractivity contribution in [2.24, 2.45) is 5.92 Å². The van der Waals surface area contributed by atoms with Gasteiger partial charge in [-0.1, -0.05) is 30.3 Å². The lowest BCUT2D eigenvalue weighted by molar-refractivity contribution is -0.141. The minimum Gasteiger partial charge on any atom is -0.493 e. The molecule has 1 fully saturated rings. The monoisotopic (exact) mass is 478 g/mol. The minimum absolute atomic E-state index is 0.174. The smallest absolute Gasteiger partial charge is 0.410 e. The first-order chi connectivity index (χ1) is 16.9. The summed E-state index contributed by atoms with van der Waals surface area (Å²) in [5, 5.41) is 9.40. The van der Waals surface area contributed by atoms with E-state index in [4.69, 9.17) is 13.9 Å². The van der Waals surface area contributed by atoms with Crippen LogP contribution in [0.3, 0.4) is 0 Å². The maximum absolute atomic E-state index is 12.3. The molecule has 2 heterocycles. The molecule has 3 aromatic rings. The van der Waals surface area contributed by atoms with Gasteiger partial charge in [0.1, 0.15) is 11.5 Å². The van der Waals surface area contributed by atoms with Gasteiger partial charge in [-0.05, 0) is 56.5 Å². The second kappa shape index (κ2) is 11.1. The van der Waals surface area contributed by atoms with E-state index in [1.54, 1.807) is 6.92 Å². The lowest BCUT2D eigenvalue weighted by atomic mass is 10.00. The molecule has 2 atom stereocenters. The van der Waals surface area contributed by atoms with Crippen LogP contribution in [-0.2, 0) is 22.4 Å². The van der Waals surface area contributed by atoms with E-state index >= 15 is 0 Å². The number of rotatable bonds is 9. The molecule has 8 nitrogen and oxygen atoms in total. The van der Waals surface area contributed by atoms with Crippen LogP contribution in [0.15, 0.2) is 59.0 Å². The van der Waals surface area contributed by atoms with Gasteiger partial charge in [0.15, 0.2) is 0 Å². The quantitative estimate of drug-likeness (QED) is 0.474. The van der Waals surface area contributed by atoms with Crippen molar-refractivity contribution in [1.82, 2.24) is 9.88 Å². The molecule has 4 rings (SSSR count). The summed E-state index contributed by atoms with van der Waals surface area (Å²) < 4.78 is 16.8. The van der Waals surface area contributed by atoms with Crippen LogP contribution < -0.4 is 4.74 Å². The Hall–Kier alpha value is -3.81. The molecule has 184 valence electrons. The largest absolute Gasteiger partial charge is 0.493 e. The van der Waals surface area contributed by atoms with Gasteiger partial charge >= 0.3 is 12.1 Å². The summed E-state index contributed by atoms with van der Waals surface area (Å²) in [6.45, 7) is 4.53. The summed E-state index contributed by atoms with van der Waals surface area (Å²) in [5.41, 5.74) is 2.81. The summed E-state index contributed by atoms with van der Waals surface area (Å²) in [5.74, 6) is 0.662. The number of carbonyl (C=O) groups is 2. The zero-order valence-corrected chi connectivity index (χ0v) is 20.0. The summed E-state index contributed by atoms with van der Waals surface area (Å²) in [4.78, 5) is 29.9. The van der Waals surface area contributed by atoms with Crippen molar-refractivity contribution in [3.05, 3.63) is 71.6 Å². The van der Waals surface area contributed by atoms with Crippen molar-refractivity contribution in [1.29, 1.82) is 0 Å². The molecular formula is C27H30N2O6. The lowest BCUT2D eigenvalue weighted by Gasteiger charge is -2.23. The number of amides is 1. The number of carbonyl (C=O) groups excluding carboxylic acids is 1. The zero-order chi connectivity index (χ0) is 24.8. The lowest BCUT2D eigenvalue weighted by Crippen LogP contribution is -2.37. The Morgan fingerprint density at radius 2 is 1.89 bits per heavy atom. The summed E-state index contributed by atoms with van der Waals surface area (Å²) in [7, 11) is 0. The van der Waals surface area contributed by atoms with Gasteiger partial charge in [-0.3, -0.25) is 4.79 Å². The number of aliphatic carboxylic acids is 1. The highest BCUT2D eigenvalue weighted by Gasteiger charge is 2.39. The number of hydrogen-bond donors (Lipinski definition) is 1. The van der Waals surface area contributed by atoms with E-state index < -0.39 is 18.0 Å². The fourth-order valence-electron chi connectivity index (χ4n) is 4.34. The maximum atomic E-state index is 12.3. The van der Waals surface area contributed by atoms with Gasteiger partial charge in [0.25, 0.3) is 0 Å². The van der Waals surface area contributed by atoms with Crippen LogP contribution >= 0.6 is 0 Å². The van der Waals surface area contributed by atoms with Gasteiger partial charge in [-0.15, -0.1) is 0 Å². The van der Waals surface area contributed by atoms with E-state index in [9.17, 15) is 14.7 Å². The van der Waals surface area contributed by atoms with Crippen LogP contribution in [-0.4, -0.2) is 52.9 Å². The van der Waals surface area contributed by atoms with Crippen molar-refractivity contribution < 1.29 is 28.6 Å². The predicted octanol–water partition coefficient (Wildman–Crippen LogP) is 4.75. The summed E-state index contributed by atoms with van der Waals surface area (Å²) in [6, 6.07) is 17.2. The highest BCUT2D eigenvalue weighted by atomic mass is 16.6. The highest BCUT2D eigenvalue weighted by Crippen LogP contribution is 2.28. The number of aryl methyl sites for hydroxylation is 1. The topological polar surface area (TPSA) is 102 Å². The van der Waals surface area contributed by atoms with Gasteiger partial charge in [0.05, 0.1) is 24.8 Å². The number of ether oxygens (including phenoxy) is 2. The van der Waals surface area contributed by atoms with Gasteiger partial charge in [-0.25, -0.2) is 9.78 Å². The van der Waals surface area contributed by atoms with Crippen LogP contribution in [0.4, 0.5) is 4.79 Å². The average Bonchev–Trinajstić information content (AvgIpc) is 3.45. The maximum Gasteiger partial charge on any atom is 0.410 e. The van der Waals surface area contributed by atoms with Crippen LogP contribution in [0.25, 0.3) is 11.5 Å². The molecule has 1 N–H and O–H groups in total. The molecule has 2 aromatic carbocycles. The Labute approximate surface area is 204 Å². The van der Waals surface area contributed by atoms with Crippen LogP contribution in [0.5, 0.6) is 5.75 Å². The molecule has 35 heavy (non-hydrogen) atoms. The van der Waals surface area contributed by atoms with E-state index in [1.807, 2.05) is 61.5 Å². The van der Waals surface area contributed by atoms with E-state index in [2.05, 4.69) is 4.98 Å². The Morgan fingerprint density at radius 3 is 2.57 bits per heavy atom. The van der Waals surface area contributed by atoms with Crippen LogP contribution in [0, 0.1) is 12.8 Å². The number of likely N-dealkylation sites (tertiary alicyclic amines) is 1. The first-order valence-electron chi connectivity index (χ1n) is 11.8. The molecular weight excluding hydrogens is 448 g/mol. The first kappa shape index (κ1) is 24.3. The predicted molar refractivity (Wildman–Crippen MR) is 129 cm³/mol. The third-order valence-electron chi connectivity index (χ3n) is 6.18. The molecule has 0 aliphatic carbocycles. The van der Waals surface area contributed by atoms with Crippen LogP contribution in [0.2, 0.25) is 0 Å². The molecule has 0 saturated carbocycles. The SMILES string of the molecule is CCOC(=O)N1C[C@@H](C(=O)O)C[C@@H]1Cc1ccc(OCCc2nc(-c3ccccc3)oc2C)cc1. The molecule has 1 aliphatic heterocycles. The van der Waals surface area contributed by atoms with Crippen molar-refractivity contribution >= 4 is 12.1 Å². The number of hydrogen-bond acceptors (Lipinski definition) is 6. The minimum atomic E-state index is -0.885. The van der Waals surface area contributed by atoms with Gasteiger partial charge in [-0.2, -0.15) is 0 Å². The zero-order valence-electron chi connectivity index (χ0n) is 20.0. The Kier molecular flexibility index (Phi) is 7.70. The van der Waals surface area contributed by atoms with E-state index in [1.165, 1.54) is 4.90 Å². The number of aromatic nitrogens is 1. The molecule has 8 heteroatoms. The molecule has 0 unspecified atom stereocenters. The molecule has 1 aromatic heterocycles. The number of nitrogens with zero attached hydrogens (tertiary/aromatic N) is 2. The number of benzene rings is 2. The average molecular weight is 479 g/mol. The van der Waals surface area contributed by atoms with Crippen molar-refractivity contribution in [2.75, 3.05) is 19.8 Å². The van der Waals surface area contributed by atoms with Crippen molar-refractivity contribution in [3.63, 3.8) is 0 Å². The van der Waals surface area contributed by atoms with Crippen LogP contribution in [0.1, 0.15) is 30.4 Å².